The summed E-state index contributed by atoms with van der Waals surface area (Å²) in [6.45, 7) is 0. The van der Waals surface area contributed by atoms with Crippen molar-refractivity contribution in [2.45, 2.75) is 31.7 Å². The predicted octanol–water partition coefficient (Wildman–Crippen LogP) is 1.24. The van der Waals surface area contributed by atoms with Gasteiger partial charge >= 0.3 is 12.0 Å². The molecule has 1 aromatic rings. The first kappa shape index (κ1) is 13.3. The Morgan fingerprint density at radius 3 is 2.58 bits per heavy atom. The summed E-state index contributed by atoms with van der Waals surface area (Å²) >= 11 is 0. The second-order valence-corrected chi connectivity index (χ2v) is 4.56. The number of carboxylic acid groups (broad SMARTS) is 1. The van der Waals surface area contributed by atoms with Crippen LogP contribution < -0.4 is 10.6 Å². The van der Waals surface area contributed by atoms with Gasteiger partial charge in [0, 0.05) is 6.04 Å². The number of aromatic nitrogens is 2. The second-order valence-electron chi connectivity index (χ2n) is 4.56. The van der Waals surface area contributed by atoms with E-state index in [4.69, 9.17) is 5.11 Å². The zero-order chi connectivity index (χ0) is 13.7. The molecule has 0 radical (unpaired) electrons. The fourth-order valence-corrected chi connectivity index (χ4v) is 2.30. The maximum Gasteiger partial charge on any atom is 0.319 e. The lowest BCUT2D eigenvalue weighted by atomic mass is 9.84. The SMILES string of the molecule is O=C(Nc1cncnc1)NC1CCCCC1C(=O)O. The third-order valence-corrected chi connectivity index (χ3v) is 3.22. The number of anilines is 1. The second kappa shape index (κ2) is 6.12. The summed E-state index contributed by atoms with van der Waals surface area (Å²) in [5.74, 6) is -1.36. The highest BCUT2D eigenvalue weighted by Gasteiger charge is 2.31. The largest absolute Gasteiger partial charge is 0.481 e. The topological polar surface area (TPSA) is 104 Å². The van der Waals surface area contributed by atoms with Crippen molar-refractivity contribution in [3.05, 3.63) is 18.7 Å². The van der Waals surface area contributed by atoms with E-state index in [2.05, 4.69) is 20.6 Å². The lowest BCUT2D eigenvalue weighted by Gasteiger charge is -2.29. The van der Waals surface area contributed by atoms with E-state index < -0.39 is 17.9 Å². The van der Waals surface area contributed by atoms with Crippen LogP contribution in [0.2, 0.25) is 0 Å². The number of nitrogens with one attached hydrogen (secondary N) is 2. The Morgan fingerprint density at radius 1 is 1.21 bits per heavy atom. The van der Waals surface area contributed by atoms with Crippen LogP contribution in [0, 0.1) is 5.92 Å². The Kier molecular flexibility index (Phi) is 4.27. The van der Waals surface area contributed by atoms with Gasteiger partial charge in [-0.05, 0) is 12.8 Å². The van der Waals surface area contributed by atoms with Gasteiger partial charge in [0.25, 0.3) is 0 Å². The van der Waals surface area contributed by atoms with Gasteiger partial charge < -0.3 is 15.7 Å². The van der Waals surface area contributed by atoms with Crippen LogP contribution >= 0.6 is 0 Å². The fraction of sp³-hybridized carbons (Fsp3) is 0.500. The number of hydrogen-bond donors (Lipinski definition) is 3. The number of rotatable bonds is 3. The van der Waals surface area contributed by atoms with Crippen molar-refractivity contribution in [1.29, 1.82) is 0 Å². The van der Waals surface area contributed by atoms with E-state index in [1.165, 1.54) is 18.7 Å². The van der Waals surface area contributed by atoms with E-state index in [-0.39, 0.29) is 6.04 Å². The summed E-state index contributed by atoms with van der Waals surface area (Å²) in [5.41, 5.74) is 0.475. The Bertz CT molecular complexity index is 452. The van der Waals surface area contributed by atoms with Crippen molar-refractivity contribution in [1.82, 2.24) is 15.3 Å². The van der Waals surface area contributed by atoms with Crippen molar-refractivity contribution < 1.29 is 14.7 Å². The molecule has 0 aromatic carbocycles. The van der Waals surface area contributed by atoms with Gasteiger partial charge in [-0.2, -0.15) is 0 Å². The van der Waals surface area contributed by atoms with E-state index in [1.807, 2.05) is 0 Å². The van der Waals surface area contributed by atoms with Gasteiger partial charge in [-0.15, -0.1) is 0 Å². The lowest BCUT2D eigenvalue weighted by Crippen LogP contribution is -2.46. The minimum atomic E-state index is -0.854. The van der Waals surface area contributed by atoms with Crippen LogP contribution in [0.1, 0.15) is 25.7 Å². The van der Waals surface area contributed by atoms with Gasteiger partial charge in [0.2, 0.25) is 0 Å². The molecule has 0 aliphatic heterocycles. The Hall–Kier alpha value is -2.18. The molecule has 1 heterocycles. The third-order valence-electron chi connectivity index (χ3n) is 3.22. The molecule has 2 unspecified atom stereocenters. The van der Waals surface area contributed by atoms with Gasteiger partial charge in [-0.3, -0.25) is 4.79 Å². The summed E-state index contributed by atoms with van der Waals surface area (Å²) in [4.78, 5) is 30.5. The molecule has 3 N–H and O–H groups in total. The van der Waals surface area contributed by atoms with Gasteiger partial charge in [0.05, 0.1) is 24.0 Å². The Morgan fingerprint density at radius 2 is 1.89 bits per heavy atom. The standard InChI is InChI=1S/C12H16N4O3/c17-11(18)9-3-1-2-4-10(9)16-12(19)15-8-5-13-7-14-6-8/h5-7,9-10H,1-4H2,(H,17,18)(H2,15,16,19). The molecule has 2 atom stereocenters. The molecule has 102 valence electrons. The molecular weight excluding hydrogens is 248 g/mol. The molecule has 0 spiro atoms. The number of nitrogens with zero attached hydrogens (tertiary/aromatic N) is 2. The van der Waals surface area contributed by atoms with Gasteiger partial charge in [-0.25, -0.2) is 14.8 Å². The van der Waals surface area contributed by atoms with Crippen LogP contribution in [-0.2, 0) is 4.79 Å². The Balaban J connectivity index is 1.92. The monoisotopic (exact) mass is 264 g/mol. The summed E-state index contributed by atoms with van der Waals surface area (Å²) in [6, 6.07) is -0.746. The van der Waals surface area contributed by atoms with Crippen molar-refractivity contribution in [2.75, 3.05) is 5.32 Å². The number of carbonyl (C=O) groups is 2. The first-order valence-electron chi connectivity index (χ1n) is 6.22. The number of carboxylic acids is 1. The summed E-state index contributed by atoms with van der Waals surface area (Å²) in [6.07, 6.45) is 7.44. The first-order valence-corrected chi connectivity index (χ1v) is 6.22. The normalized spacial score (nSPS) is 22.5. The molecule has 19 heavy (non-hydrogen) atoms. The fourth-order valence-electron chi connectivity index (χ4n) is 2.30. The average molecular weight is 264 g/mol. The van der Waals surface area contributed by atoms with Crippen LogP contribution in [-0.4, -0.2) is 33.1 Å². The van der Waals surface area contributed by atoms with Crippen molar-refractivity contribution in [3.8, 4) is 0 Å². The molecule has 2 rings (SSSR count). The van der Waals surface area contributed by atoms with Crippen LogP contribution in [0.3, 0.4) is 0 Å². The summed E-state index contributed by atoms with van der Waals surface area (Å²) in [7, 11) is 0. The average Bonchev–Trinajstić information content (AvgIpc) is 2.40. The van der Waals surface area contributed by atoms with Crippen LogP contribution in [0.4, 0.5) is 10.5 Å². The first-order chi connectivity index (χ1) is 9.16. The molecule has 7 heteroatoms. The molecule has 7 nitrogen and oxygen atoms in total. The van der Waals surface area contributed by atoms with E-state index in [0.29, 0.717) is 18.5 Å². The molecule has 1 aromatic heterocycles. The number of aliphatic carboxylic acids is 1. The third kappa shape index (κ3) is 3.64. The smallest absolute Gasteiger partial charge is 0.319 e. The molecule has 1 saturated carbocycles. The lowest BCUT2D eigenvalue weighted by molar-refractivity contribution is -0.143. The van der Waals surface area contributed by atoms with Crippen LogP contribution in [0.15, 0.2) is 18.7 Å². The minimum absolute atomic E-state index is 0.323. The van der Waals surface area contributed by atoms with E-state index in [9.17, 15) is 9.59 Å². The molecule has 0 bridgehead atoms. The van der Waals surface area contributed by atoms with Gasteiger partial charge in [-0.1, -0.05) is 12.8 Å². The number of amides is 2. The van der Waals surface area contributed by atoms with Crippen molar-refractivity contribution >= 4 is 17.7 Å². The molecule has 1 fully saturated rings. The van der Waals surface area contributed by atoms with Crippen molar-refractivity contribution in [2.24, 2.45) is 5.92 Å². The number of urea groups is 1. The number of carbonyl (C=O) groups excluding carboxylic acids is 1. The van der Waals surface area contributed by atoms with E-state index in [0.717, 1.165) is 12.8 Å². The van der Waals surface area contributed by atoms with Gasteiger partial charge in [0.1, 0.15) is 6.33 Å². The van der Waals surface area contributed by atoms with Crippen LogP contribution in [0.5, 0.6) is 0 Å². The molecule has 1 aliphatic rings. The number of hydrogen-bond acceptors (Lipinski definition) is 4. The van der Waals surface area contributed by atoms with Crippen LogP contribution in [0.25, 0.3) is 0 Å². The molecule has 0 saturated heterocycles. The predicted molar refractivity (Wildman–Crippen MR) is 67.6 cm³/mol. The highest BCUT2D eigenvalue weighted by Crippen LogP contribution is 2.24. The minimum Gasteiger partial charge on any atom is -0.481 e. The van der Waals surface area contributed by atoms with E-state index >= 15 is 0 Å². The van der Waals surface area contributed by atoms with Crippen molar-refractivity contribution in [3.63, 3.8) is 0 Å². The maximum atomic E-state index is 11.8. The zero-order valence-electron chi connectivity index (χ0n) is 10.4. The molecule has 2 amide bonds. The maximum absolute atomic E-state index is 11.8. The zero-order valence-corrected chi connectivity index (χ0v) is 10.4. The van der Waals surface area contributed by atoms with E-state index in [1.54, 1.807) is 0 Å². The highest BCUT2D eigenvalue weighted by atomic mass is 16.4. The quantitative estimate of drug-likeness (QED) is 0.762. The van der Waals surface area contributed by atoms with Gasteiger partial charge in [0.15, 0.2) is 0 Å². The summed E-state index contributed by atoms with van der Waals surface area (Å²) < 4.78 is 0. The molecule has 1 aliphatic carbocycles. The molecular formula is C12H16N4O3. The highest BCUT2D eigenvalue weighted by molar-refractivity contribution is 5.89. The summed E-state index contributed by atoms with van der Waals surface area (Å²) in [5, 5.41) is 14.4. The Labute approximate surface area is 110 Å².